The highest BCUT2D eigenvalue weighted by molar-refractivity contribution is 5.77. The first kappa shape index (κ1) is 17.2. The van der Waals surface area contributed by atoms with Crippen LogP contribution in [0.4, 0.5) is 0 Å². The molecule has 0 radical (unpaired) electrons. The Hall–Kier alpha value is -1.85. The summed E-state index contributed by atoms with van der Waals surface area (Å²) in [5.74, 6) is 1.15. The molecule has 0 aliphatic rings. The molecule has 0 aliphatic carbocycles. The number of carbonyl (C=O) groups is 1. The van der Waals surface area contributed by atoms with E-state index in [1.54, 1.807) is 26.4 Å². The van der Waals surface area contributed by atoms with E-state index in [0.717, 1.165) is 11.8 Å². The molecule has 21 heavy (non-hydrogen) atoms. The lowest BCUT2D eigenvalue weighted by atomic mass is 10.0. The number of ether oxygens (including phenoxy) is 4. The van der Waals surface area contributed by atoms with Gasteiger partial charge in [0.2, 0.25) is 0 Å². The zero-order valence-corrected chi connectivity index (χ0v) is 13.0. The van der Waals surface area contributed by atoms with Crippen LogP contribution < -0.4 is 9.47 Å². The lowest BCUT2D eigenvalue weighted by Gasteiger charge is -2.16. The van der Waals surface area contributed by atoms with Crippen LogP contribution in [0.2, 0.25) is 0 Å². The smallest absolute Gasteiger partial charge is 0.188 e. The molecule has 0 aliphatic heterocycles. The number of benzene rings is 1. The van der Waals surface area contributed by atoms with Gasteiger partial charge in [-0.05, 0) is 32.4 Å². The molecule has 0 aromatic heterocycles. The Morgan fingerprint density at radius 2 is 1.57 bits per heavy atom. The molecule has 0 saturated heterocycles. The van der Waals surface area contributed by atoms with E-state index in [2.05, 4.69) is 6.08 Å². The molecule has 0 unspecified atom stereocenters. The second kappa shape index (κ2) is 9.15. The molecule has 0 bridgehead atoms. The summed E-state index contributed by atoms with van der Waals surface area (Å²) >= 11 is 0. The van der Waals surface area contributed by atoms with Crippen molar-refractivity contribution in [3.8, 4) is 11.5 Å². The average molecular weight is 294 g/mol. The second-order valence-corrected chi connectivity index (χ2v) is 4.70. The quantitative estimate of drug-likeness (QED) is 0.398. The van der Waals surface area contributed by atoms with E-state index in [1.165, 1.54) is 5.57 Å². The number of carbonyl (C=O) groups excluding carboxylic acids is 1. The van der Waals surface area contributed by atoms with Crippen molar-refractivity contribution < 1.29 is 23.7 Å². The summed E-state index contributed by atoms with van der Waals surface area (Å²) in [6.07, 6.45) is 3.46. The molecule has 0 amide bonds. The van der Waals surface area contributed by atoms with Gasteiger partial charge in [-0.3, -0.25) is 4.79 Å². The second-order valence-electron chi connectivity index (χ2n) is 4.70. The summed E-state index contributed by atoms with van der Waals surface area (Å²) in [6, 6.07) is 3.36. The minimum absolute atomic E-state index is 0.105. The minimum atomic E-state index is 0.105. The summed E-state index contributed by atoms with van der Waals surface area (Å²) in [5, 5.41) is 0. The molecule has 0 saturated carbocycles. The third kappa shape index (κ3) is 5.57. The summed E-state index contributed by atoms with van der Waals surface area (Å²) < 4.78 is 21.0. The third-order valence-electron chi connectivity index (χ3n) is 2.71. The van der Waals surface area contributed by atoms with E-state index >= 15 is 0 Å². The summed E-state index contributed by atoms with van der Waals surface area (Å²) in [6.45, 7) is 4.25. The maximum Gasteiger partial charge on any atom is 0.188 e. The van der Waals surface area contributed by atoms with Crippen LogP contribution in [0, 0.1) is 0 Å². The fourth-order valence-corrected chi connectivity index (χ4v) is 1.72. The van der Waals surface area contributed by atoms with Gasteiger partial charge in [0.1, 0.15) is 17.8 Å². The van der Waals surface area contributed by atoms with Crippen molar-refractivity contribution in [1.82, 2.24) is 0 Å². The molecule has 0 spiro atoms. The average Bonchev–Trinajstić information content (AvgIpc) is 2.48. The van der Waals surface area contributed by atoms with Crippen LogP contribution in [0.3, 0.4) is 0 Å². The number of methoxy groups -OCH3 is 2. The fourth-order valence-electron chi connectivity index (χ4n) is 1.72. The summed E-state index contributed by atoms with van der Waals surface area (Å²) in [5.41, 5.74) is 2.52. The first-order valence-electron chi connectivity index (χ1n) is 6.61. The molecule has 5 heteroatoms. The number of hydrogen-bond acceptors (Lipinski definition) is 5. The van der Waals surface area contributed by atoms with Gasteiger partial charge < -0.3 is 18.9 Å². The number of aldehydes is 1. The van der Waals surface area contributed by atoms with Gasteiger partial charge in [0.15, 0.2) is 13.6 Å². The molecule has 0 heterocycles. The van der Waals surface area contributed by atoms with Crippen LogP contribution in [0.1, 0.15) is 29.8 Å². The first-order chi connectivity index (χ1) is 10.1. The van der Waals surface area contributed by atoms with Gasteiger partial charge >= 0.3 is 0 Å². The summed E-state index contributed by atoms with van der Waals surface area (Å²) in [4.78, 5) is 11.1. The topological polar surface area (TPSA) is 54.0 Å². The lowest BCUT2D eigenvalue weighted by Crippen LogP contribution is -2.07. The van der Waals surface area contributed by atoms with Crippen LogP contribution >= 0.6 is 0 Å². The van der Waals surface area contributed by atoms with Crippen molar-refractivity contribution in [1.29, 1.82) is 0 Å². The van der Waals surface area contributed by atoms with Crippen molar-refractivity contribution in [3.63, 3.8) is 0 Å². The number of allylic oxidation sites excluding steroid dienone is 2. The Morgan fingerprint density at radius 3 is 1.95 bits per heavy atom. The van der Waals surface area contributed by atoms with Gasteiger partial charge in [-0.25, -0.2) is 0 Å². The highest BCUT2D eigenvalue weighted by Gasteiger charge is 2.13. The molecule has 5 nitrogen and oxygen atoms in total. The fraction of sp³-hybridized carbons (Fsp3) is 0.438. The molecular weight excluding hydrogens is 272 g/mol. The Kier molecular flexibility index (Phi) is 7.50. The molecule has 1 aromatic rings. The first-order valence-corrected chi connectivity index (χ1v) is 6.61. The van der Waals surface area contributed by atoms with Gasteiger partial charge in [-0.15, -0.1) is 0 Å². The lowest BCUT2D eigenvalue weighted by molar-refractivity contribution is 0.0447. The molecule has 116 valence electrons. The molecule has 1 aromatic carbocycles. The van der Waals surface area contributed by atoms with Crippen molar-refractivity contribution >= 4 is 6.29 Å². The number of rotatable bonds is 9. The van der Waals surface area contributed by atoms with Crippen molar-refractivity contribution in [2.45, 2.75) is 20.3 Å². The monoisotopic (exact) mass is 294 g/mol. The Bertz CT molecular complexity index is 460. The molecule has 0 fully saturated rings. The van der Waals surface area contributed by atoms with Crippen LogP contribution in [-0.4, -0.2) is 34.1 Å². The van der Waals surface area contributed by atoms with E-state index in [4.69, 9.17) is 18.9 Å². The Balaban J connectivity index is 3.20. The van der Waals surface area contributed by atoms with Gasteiger partial charge in [0.25, 0.3) is 0 Å². The molecule has 1 rings (SSSR count). The van der Waals surface area contributed by atoms with Gasteiger partial charge in [0.05, 0.1) is 0 Å². The van der Waals surface area contributed by atoms with Crippen molar-refractivity contribution in [2.24, 2.45) is 0 Å². The standard InChI is InChI=1S/C16H22O5/c1-12(2)5-6-14-15(20-10-18-3)7-13(9-17)8-16(14)21-11-19-4/h5,7-9H,6,10-11H2,1-4H3. The minimum Gasteiger partial charge on any atom is -0.467 e. The molecule has 0 N–H and O–H groups in total. The van der Waals surface area contributed by atoms with Gasteiger partial charge in [-0.2, -0.15) is 0 Å². The van der Waals surface area contributed by atoms with E-state index < -0.39 is 0 Å². The SMILES string of the molecule is COCOc1cc(C=O)cc(OCOC)c1CC=C(C)C. The van der Waals surface area contributed by atoms with Gasteiger partial charge in [-0.1, -0.05) is 11.6 Å². The van der Waals surface area contributed by atoms with Crippen LogP contribution in [0.25, 0.3) is 0 Å². The Morgan fingerprint density at radius 1 is 1.05 bits per heavy atom. The maximum absolute atomic E-state index is 11.1. The highest BCUT2D eigenvalue weighted by Crippen LogP contribution is 2.31. The third-order valence-corrected chi connectivity index (χ3v) is 2.71. The predicted octanol–water partition coefficient (Wildman–Crippen LogP) is 2.97. The van der Waals surface area contributed by atoms with Crippen LogP contribution in [0.5, 0.6) is 11.5 Å². The Labute approximate surface area is 125 Å². The van der Waals surface area contributed by atoms with Crippen LogP contribution in [-0.2, 0) is 15.9 Å². The largest absolute Gasteiger partial charge is 0.467 e. The van der Waals surface area contributed by atoms with Crippen LogP contribution in [0.15, 0.2) is 23.8 Å². The zero-order valence-electron chi connectivity index (χ0n) is 13.0. The zero-order chi connectivity index (χ0) is 15.7. The van der Waals surface area contributed by atoms with Crippen molar-refractivity contribution in [3.05, 3.63) is 34.9 Å². The highest BCUT2D eigenvalue weighted by atomic mass is 16.7. The van der Waals surface area contributed by atoms with E-state index in [-0.39, 0.29) is 13.6 Å². The van der Waals surface area contributed by atoms with Crippen molar-refractivity contribution in [2.75, 3.05) is 27.8 Å². The van der Waals surface area contributed by atoms with E-state index in [0.29, 0.717) is 23.5 Å². The maximum atomic E-state index is 11.1. The predicted molar refractivity (Wildman–Crippen MR) is 80.0 cm³/mol. The van der Waals surface area contributed by atoms with E-state index in [9.17, 15) is 4.79 Å². The molecule has 0 atom stereocenters. The normalized spacial score (nSPS) is 10.1. The van der Waals surface area contributed by atoms with E-state index in [1.807, 2.05) is 13.8 Å². The summed E-state index contributed by atoms with van der Waals surface area (Å²) in [7, 11) is 3.09. The number of hydrogen-bond donors (Lipinski definition) is 0. The molecular formula is C16H22O5. The van der Waals surface area contributed by atoms with Gasteiger partial charge in [0, 0.05) is 25.3 Å².